The molecule has 3 heterocycles. The summed E-state index contributed by atoms with van der Waals surface area (Å²) in [6.45, 7) is 0. The van der Waals surface area contributed by atoms with Gasteiger partial charge in [0.2, 0.25) is 0 Å². The Morgan fingerprint density at radius 3 is 3.18 bits per heavy atom. The Balaban J connectivity index is 2.01. The lowest BCUT2D eigenvalue weighted by atomic mass is 9.98. The van der Waals surface area contributed by atoms with E-state index in [4.69, 9.17) is 9.52 Å². The van der Waals surface area contributed by atoms with E-state index < -0.39 is 12.0 Å². The van der Waals surface area contributed by atoms with Crippen molar-refractivity contribution in [3.8, 4) is 0 Å². The minimum absolute atomic E-state index is 0.305. The molecule has 2 atom stereocenters. The standard InChI is InChI=1S/C11H11N3O3/c15-11(16)7-4-6-9(13-5-12-6)10(14-7)8-2-1-3-17-8/h1-3,5,7,10,14H,4H2,(H,12,13)(H,15,16)/t7-,10+/m0/s1. The molecular weight excluding hydrogens is 222 g/mol. The van der Waals surface area contributed by atoms with Crippen LogP contribution in [0.15, 0.2) is 29.1 Å². The number of aliphatic carboxylic acids is 1. The molecule has 0 spiro atoms. The van der Waals surface area contributed by atoms with Gasteiger partial charge in [0, 0.05) is 12.1 Å². The first-order valence-corrected chi connectivity index (χ1v) is 5.30. The van der Waals surface area contributed by atoms with Crippen molar-refractivity contribution in [2.45, 2.75) is 18.5 Å². The van der Waals surface area contributed by atoms with Crippen LogP contribution in [-0.2, 0) is 11.2 Å². The van der Waals surface area contributed by atoms with E-state index in [1.807, 2.05) is 0 Å². The third-order valence-corrected chi connectivity index (χ3v) is 2.93. The molecule has 3 N–H and O–H groups in total. The minimum Gasteiger partial charge on any atom is -0.480 e. The Kier molecular flexibility index (Phi) is 2.22. The summed E-state index contributed by atoms with van der Waals surface area (Å²) >= 11 is 0. The molecule has 0 unspecified atom stereocenters. The second-order valence-electron chi connectivity index (χ2n) is 3.98. The van der Waals surface area contributed by atoms with Crippen LogP contribution in [0.1, 0.15) is 23.2 Å². The molecule has 1 aliphatic heterocycles. The summed E-state index contributed by atoms with van der Waals surface area (Å²) in [5.74, 6) is -0.203. The molecule has 6 heteroatoms. The van der Waals surface area contributed by atoms with E-state index in [0.29, 0.717) is 12.2 Å². The van der Waals surface area contributed by atoms with Gasteiger partial charge in [0.25, 0.3) is 0 Å². The van der Waals surface area contributed by atoms with Crippen LogP contribution in [0.3, 0.4) is 0 Å². The molecule has 6 nitrogen and oxygen atoms in total. The molecule has 0 amide bonds. The maximum absolute atomic E-state index is 11.1. The largest absolute Gasteiger partial charge is 0.480 e. The highest BCUT2D eigenvalue weighted by atomic mass is 16.4. The van der Waals surface area contributed by atoms with Crippen molar-refractivity contribution in [1.82, 2.24) is 15.3 Å². The number of carboxylic acids is 1. The van der Waals surface area contributed by atoms with Crippen LogP contribution >= 0.6 is 0 Å². The van der Waals surface area contributed by atoms with Gasteiger partial charge in [-0.2, -0.15) is 0 Å². The van der Waals surface area contributed by atoms with Gasteiger partial charge in [-0.3, -0.25) is 10.1 Å². The normalized spacial score (nSPS) is 23.3. The summed E-state index contributed by atoms with van der Waals surface area (Å²) in [5, 5.41) is 12.1. The van der Waals surface area contributed by atoms with Crippen LogP contribution in [0.4, 0.5) is 0 Å². The third kappa shape index (κ3) is 1.62. The lowest BCUT2D eigenvalue weighted by Crippen LogP contribution is -2.45. The molecule has 0 aliphatic carbocycles. The fourth-order valence-corrected chi connectivity index (χ4v) is 2.12. The van der Waals surface area contributed by atoms with Gasteiger partial charge in [0.05, 0.1) is 18.3 Å². The van der Waals surface area contributed by atoms with Gasteiger partial charge in [-0.1, -0.05) is 0 Å². The molecule has 1 aliphatic rings. The minimum atomic E-state index is -0.873. The number of hydrogen-bond acceptors (Lipinski definition) is 4. The third-order valence-electron chi connectivity index (χ3n) is 2.93. The number of aromatic nitrogens is 2. The molecule has 3 rings (SSSR count). The number of hydrogen-bond donors (Lipinski definition) is 3. The first-order valence-electron chi connectivity index (χ1n) is 5.30. The molecule has 17 heavy (non-hydrogen) atoms. The molecule has 0 aromatic carbocycles. The summed E-state index contributed by atoms with van der Waals surface area (Å²) in [4.78, 5) is 18.3. The molecule has 2 aromatic heterocycles. The van der Waals surface area contributed by atoms with Gasteiger partial charge in [0.15, 0.2) is 0 Å². The molecule has 0 fully saturated rings. The maximum Gasteiger partial charge on any atom is 0.321 e. The average Bonchev–Trinajstić information content (AvgIpc) is 2.98. The monoisotopic (exact) mass is 233 g/mol. The number of aromatic amines is 1. The molecule has 88 valence electrons. The van der Waals surface area contributed by atoms with Gasteiger partial charge in [-0.25, -0.2) is 4.98 Å². The topological polar surface area (TPSA) is 91.1 Å². The number of rotatable bonds is 2. The number of imidazole rings is 1. The Hall–Kier alpha value is -2.08. The lowest BCUT2D eigenvalue weighted by molar-refractivity contribution is -0.139. The molecule has 2 aromatic rings. The highest BCUT2D eigenvalue weighted by molar-refractivity contribution is 5.74. The van der Waals surface area contributed by atoms with Crippen molar-refractivity contribution in [2.24, 2.45) is 0 Å². The summed E-state index contributed by atoms with van der Waals surface area (Å²) < 4.78 is 5.32. The Morgan fingerprint density at radius 2 is 2.47 bits per heavy atom. The second kappa shape index (κ2) is 3.74. The van der Waals surface area contributed by atoms with E-state index in [2.05, 4.69) is 15.3 Å². The van der Waals surface area contributed by atoms with E-state index in [-0.39, 0.29) is 6.04 Å². The predicted molar refractivity (Wildman–Crippen MR) is 57.4 cm³/mol. The zero-order valence-corrected chi connectivity index (χ0v) is 8.88. The Bertz CT molecular complexity index is 532. The van der Waals surface area contributed by atoms with Gasteiger partial charge >= 0.3 is 5.97 Å². The number of furan rings is 1. The van der Waals surface area contributed by atoms with E-state index in [9.17, 15) is 4.79 Å². The van der Waals surface area contributed by atoms with Crippen molar-refractivity contribution >= 4 is 5.97 Å². The van der Waals surface area contributed by atoms with E-state index in [1.54, 1.807) is 24.7 Å². The predicted octanol–water partition coefficient (Wildman–Crippen LogP) is 0.691. The van der Waals surface area contributed by atoms with Crippen LogP contribution in [-0.4, -0.2) is 27.1 Å². The van der Waals surface area contributed by atoms with Crippen LogP contribution in [0.2, 0.25) is 0 Å². The van der Waals surface area contributed by atoms with Crippen LogP contribution in [0.5, 0.6) is 0 Å². The quantitative estimate of drug-likeness (QED) is 0.710. The number of nitrogens with zero attached hydrogens (tertiary/aromatic N) is 1. The van der Waals surface area contributed by atoms with Crippen LogP contribution in [0.25, 0.3) is 0 Å². The fourth-order valence-electron chi connectivity index (χ4n) is 2.12. The SMILES string of the molecule is O=C(O)[C@@H]1Cc2[nH]cnc2[C@@H](c2ccco2)N1. The van der Waals surface area contributed by atoms with Crippen molar-refractivity contribution in [3.05, 3.63) is 41.9 Å². The average molecular weight is 233 g/mol. The number of nitrogens with one attached hydrogen (secondary N) is 2. The van der Waals surface area contributed by atoms with Crippen LogP contribution in [0, 0.1) is 0 Å². The highest BCUT2D eigenvalue weighted by Crippen LogP contribution is 2.28. The zero-order valence-electron chi connectivity index (χ0n) is 8.88. The summed E-state index contributed by atoms with van der Waals surface area (Å²) in [6.07, 6.45) is 3.54. The first kappa shape index (κ1) is 10.1. The van der Waals surface area contributed by atoms with Gasteiger partial charge in [0.1, 0.15) is 17.8 Å². The van der Waals surface area contributed by atoms with Crippen molar-refractivity contribution in [1.29, 1.82) is 0 Å². The van der Waals surface area contributed by atoms with E-state index >= 15 is 0 Å². The van der Waals surface area contributed by atoms with E-state index in [1.165, 1.54) is 0 Å². The van der Waals surface area contributed by atoms with Gasteiger partial charge < -0.3 is 14.5 Å². The molecule has 0 saturated carbocycles. The maximum atomic E-state index is 11.1. The van der Waals surface area contributed by atoms with Gasteiger partial charge in [-0.05, 0) is 12.1 Å². The summed E-state index contributed by atoms with van der Waals surface area (Å²) in [6, 6.07) is 2.65. The molecule has 0 saturated heterocycles. The zero-order chi connectivity index (χ0) is 11.8. The van der Waals surface area contributed by atoms with Crippen molar-refractivity contribution in [3.63, 3.8) is 0 Å². The summed E-state index contributed by atoms with van der Waals surface area (Å²) in [7, 11) is 0. The number of carbonyl (C=O) groups is 1. The molecular formula is C11H11N3O3. The second-order valence-corrected chi connectivity index (χ2v) is 3.98. The summed E-state index contributed by atoms with van der Waals surface area (Å²) in [5.41, 5.74) is 1.65. The highest BCUT2D eigenvalue weighted by Gasteiger charge is 2.34. The van der Waals surface area contributed by atoms with Crippen molar-refractivity contribution < 1.29 is 14.3 Å². The van der Waals surface area contributed by atoms with Gasteiger partial charge in [-0.15, -0.1) is 0 Å². The number of H-pyrrole nitrogens is 1. The smallest absolute Gasteiger partial charge is 0.321 e. The number of carboxylic acid groups (broad SMARTS) is 1. The number of fused-ring (bicyclic) bond motifs is 1. The Morgan fingerprint density at radius 1 is 1.59 bits per heavy atom. The Labute approximate surface area is 96.7 Å². The van der Waals surface area contributed by atoms with E-state index in [0.717, 1.165) is 11.4 Å². The lowest BCUT2D eigenvalue weighted by Gasteiger charge is -2.26. The van der Waals surface area contributed by atoms with Crippen molar-refractivity contribution in [2.75, 3.05) is 0 Å². The van der Waals surface area contributed by atoms with Crippen LogP contribution < -0.4 is 5.32 Å². The first-order chi connectivity index (χ1) is 8.25. The molecule has 0 bridgehead atoms. The molecule has 0 radical (unpaired) electrons. The fraction of sp³-hybridized carbons (Fsp3) is 0.273.